The number of amides is 2. The van der Waals surface area contributed by atoms with Crippen molar-refractivity contribution in [1.29, 1.82) is 0 Å². The highest BCUT2D eigenvalue weighted by atomic mass is 19.1. The molecule has 6 rings (SSSR count). The number of nitrogens with zero attached hydrogens (tertiary/aromatic N) is 5. The molecule has 2 amide bonds. The van der Waals surface area contributed by atoms with Crippen LogP contribution in [0.25, 0.3) is 0 Å². The van der Waals surface area contributed by atoms with Gasteiger partial charge in [0, 0.05) is 69.2 Å². The highest BCUT2D eigenvalue weighted by Crippen LogP contribution is 2.21. The van der Waals surface area contributed by atoms with Gasteiger partial charge in [-0.05, 0) is 54.7 Å². The van der Waals surface area contributed by atoms with Gasteiger partial charge in [0.1, 0.15) is 19.0 Å². The van der Waals surface area contributed by atoms with Crippen LogP contribution in [0.4, 0.5) is 31.0 Å². The van der Waals surface area contributed by atoms with Crippen LogP contribution in [0.3, 0.4) is 0 Å². The Hall–Kier alpha value is -6.05. The van der Waals surface area contributed by atoms with Gasteiger partial charge in [-0.2, -0.15) is 0 Å². The monoisotopic (exact) mass is 701 g/mol. The molecular formula is C37H40FN5O8. The largest absolute Gasteiger partial charge is 0.445 e. The lowest BCUT2D eigenvalue weighted by atomic mass is 10.1. The molecule has 0 radical (unpaired) electrons. The van der Waals surface area contributed by atoms with E-state index in [1.165, 1.54) is 18.6 Å². The van der Waals surface area contributed by atoms with Crippen molar-refractivity contribution in [2.75, 3.05) is 44.2 Å². The van der Waals surface area contributed by atoms with E-state index in [4.69, 9.17) is 9.47 Å². The average molecular weight is 702 g/mol. The summed E-state index contributed by atoms with van der Waals surface area (Å²) in [5, 5.41) is 20.7. The lowest BCUT2D eigenvalue weighted by Gasteiger charge is -2.35. The Bertz CT molecular complexity index is 1680. The number of anilines is 1. The summed E-state index contributed by atoms with van der Waals surface area (Å²) in [4.78, 5) is 49.1. The summed E-state index contributed by atoms with van der Waals surface area (Å²) >= 11 is 0. The maximum absolute atomic E-state index is 12.1. The van der Waals surface area contributed by atoms with E-state index in [1.807, 2.05) is 60.7 Å². The molecule has 0 N–H and O–H groups in total. The minimum atomic E-state index is -0.570. The Morgan fingerprint density at radius 3 is 1.41 bits per heavy atom. The summed E-state index contributed by atoms with van der Waals surface area (Å²) in [6, 6.07) is 30.2. The highest BCUT2D eigenvalue weighted by Gasteiger charge is 2.23. The number of nitro benzene ring substituents is 2. The normalized spacial score (nSPS) is 13.8. The number of benzene rings is 4. The van der Waals surface area contributed by atoms with Crippen LogP contribution in [-0.4, -0.2) is 71.1 Å². The molecule has 0 atom stereocenters. The molecule has 14 heteroatoms. The molecule has 2 heterocycles. The second-order valence-electron chi connectivity index (χ2n) is 11.6. The minimum Gasteiger partial charge on any atom is -0.445 e. The number of rotatable bonds is 7. The molecule has 0 aliphatic carbocycles. The zero-order valence-corrected chi connectivity index (χ0v) is 28.1. The second-order valence-corrected chi connectivity index (χ2v) is 11.6. The van der Waals surface area contributed by atoms with Crippen LogP contribution in [0.1, 0.15) is 30.4 Å². The van der Waals surface area contributed by atoms with Crippen LogP contribution in [0.15, 0.2) is 109 Å². The summed E-state index contributed by atoms with van der Waals surface area (Å²) in [7, 11) is 0. The third-order valence-electron chi connectivity index (χ3n) is 8.03. The summed E-state index contributed by atoms with van der Waals surface area (Å²) in [5.41, 5.74) is 2.89. The third kappa shape index (κ3) is 12.7. The van der Waals surface area contributed by atoms with E-state index in [2.05, 4.69) is 4.90 Å². The number of hydrogen-bond acceptors (Lipinski definition) is 9. The van der Waals surface area contributed by atoms with Crippen LogP contribution < -0.4 is 4.90 Å². The average Bonchev–Trinajstić information content (AvgIpc) is 3.18. The van der Waals surface area contributed by atoms with E-state index < -0.39 is 15.7 Å². The number of piperidine rings is 1. The van der Waals surface area contributed by atoms with Gasteiger partial charge in [0.2, 0.25) is 0 Å². The van der Waals surface area contributed by atoms with Crippen molar-refractivity contribution in [3.8, 4) is 0 Å². The minimum absolute atomic E-state index is 0.0758. The van der Waals surface area contributed by atoms with Gasteiger partial charge in [-0.25, -0.2) is 14.0 Å². The van der Waals surface area contributed by atoms with Gasteiger partial charge in [-0.1, -0.05) is 60.7 Å². The van der Waals surface area contributed by atoms with Crippen molar-refractivity contribution in [2.45, 2.75) is 32.5 Å². The Labute approximate surface area is 295 Å². The fourth-order valence-corrected chi connectivity index (χ4v) is 5.19. The maximum atomic E-state index is 12.1. The lowest BCUT2D eigenvalue weighted by Crippen LogP contribution is -2.48. The van der Waals surface area contributed by atoms with E-state index in [9.17, 15) is 34.2 Å². The Morgan fingerprint density at radius 2 is 0.980 bits per heavy atom. The van der Waals surface area contributed by atoms with Crippen molar-refractivity contribution in [1.82, 2.24) is 9.80 Å². The Kier molecular flexibility index (Phi) is 14.7. The molecule has 0 bridgehead atoms. The molecule has 0 unspecified atom stereocenters. The lowest BCUT2D eigenvalue weighted by molar-refractivity contribution is -0.385. The number of non-ortho nitro benzene ring substituents is 2. The van der Waals surface area contributed by atoms with Gasteiger partial charge in [0.25, 0.3) is 11.4 Å². The number of carbonyl (C=O) groups is 2. The van der Waals surface area contributed by atoms with Crippen molar-refractivity contribution in [3.05, 3.63) is 146 Å². The molecule has 0 spiro atoms. The van der Waals surface area contributed by atoms with Crippen LogP contribution in [0.2, 0.25) is 0 Å². The molecule has 13 nitrogen and oxygen atoms in total. The second kappa shape index (κ2) is 19.8. The molecule has 2 aliphatic heterocycles. The zero-order valence-electron chi connectivity index (χ0n) is 28.1. The number of piperazine rings is 1. The quantitative estimate of drug-likeness (QED) is 0.140. The summed E-state index contributed by atoms with van der Waals surface area (Å²) in [5.74, 6) is -0.467. The number of halogens is 1. The predicted octanol–water partition coefficient (Wildman–Crippen LogP) is 7.60. The molecule has 0 aromatic heterocycles. The van der Waals surface area contributed by atoms with E-state index in [0.717, 1.165) is 67.0 Å². The molecule has 2 fully saturated rings. The van der Waals surface area contributed by atoms with Crippen LogP contribution in [0.5, 0.6) is 0 Å². The van der Waals surface area contributed by atoms with Crippen molar-refractivity contribution in [2.24, 2.45) is 0 Å². The molecular weight excluding hydrogens is 661 g/mol. The molecule has 2 aliphatic rings. The first-order valence-electron chi connectivity index (χ1n) is 16.5. The predicted molar refractivity (Wildman–Crippen MR) is 189 cm³/mol. The van der Waals surface area contributed by atoms with Crippen molar-refractivity contribution in [3.63, 3.8) is 0 Å². The smallest absolute Gasteiger partial charge is 0.410 e. The van der Waals surface area contributed by atoms with Gasteiger partial charge >= 0.3 is 12.2 Å². The summed E-state index contributed by atoms with van der Waals surface area (Å²) in [6.45, 7) is 4.77. The molecule has 4 aromatic rings. The Balaban J connectivity index is 0.000000191. The first-order chi connectivity index (χ1) is 24.7. The number of carbonyl (C=O) groups excluding carboxylic acids is 2. The highest BCUT2D eigenvalue weighted by molar-refractivity contribution is 5.68. The SMILES string of the molecule is O=C(OCc1ccccc1)N1CCCCC1.O=C(OCc1ccccc1)N1CCN(c2ccc([N+](=O)[O-])cc2)CC1.O=[N+]([O-])c1ccc(F)cc1. The first-order valence-corrected chi connectivity index (χ1v) is 16.5. The van der Waals surface area contributed by atoms with E-state index >= 15 is 0 Å². The molecule has 4 aromatic carbocycles. The topological polar surface area (TPSA) is 149 Å². The number of likely N-dealkylation sites (tertiary alicyclic amines) is 1. The number of ether oxygens (including phenoxy) is 2. The molecule has 268 valence electrons. The van der Waals surface area contributed by atoms with Crippen LogP contribution in [-0.2, 0) is 22.7 Å². The fraction of sp³-hybridized carbons (Fsp3) is 0.297. The summed E-state index contributed by atoms with van der Waals surface area (Å²) in [6.07, 6.45) is 2.93. The van der Waals surface area contributed by atoms with Gasteiger partial charge in [-0.3, -0.25) is 20.2 Å². The molecule has 2 saturated heterocycles. The maximum Gasteiger partial charge on any atom is 0.410 e. The van der Waals surface area contributed by atoms with Gasteiger partial charge in [0.05, 0.1) is 9.85 Å². The Morgan fingerprint density at radius 1 is 0.569 bits per heavy atom. The van der Waals surface area contributed by atoms with Gasteiger partial charge in [-0.15, -0.1) is 0 Å². The molecule has 0 saturated carbocycles. The summed E-state index contributed by atoms with van der Waals surface area (Å²) < 4.78 is 22.7. The van der Waals surface area contributed by atoms with E-state index in [1.54, 1.807) is 21.9 Å². The van der Waals surface area contributed by atoms with E-state index in [-0.39, 0.29) is 30.2 Å². The third-order valence-corrected chi connectivity index (χ3v) is 8.03. The van der Waals surface area contributed by atoms with Gasteiger partial charge in [0.15, 0.2) is 0 Å². The van der Waals surface area contributed by atoms with Gasteiger partial charge < -0.3 is 24.2 Å². The number of nitro groups is 2. The van der Waals surface area contributed by atoms with Crippen LogP contribution >= 0.6 is 0 Å². The van der Waals surface area contributed by atoms with Crippen molar-refractivity contribution < 1.29 is 33.3 Å². The fourth-order valence-electron chi connectivity index (χ4n) is 5.19. The number of hydrogen-bond donors (Lipinski definition) is 0. The first kappa shape index (κ1) is 37.8. The molecule has 51 heavy (non-hydrogen) atoms. The zero-order chi connectivity index (χ0) is 36.4. The van der Waals surface area contributed by atoms with Crippen molar-refractivity contribution >= 4 is 29.2 Å². The standard InChI is InChI=1S/C18H19N3O4.C13H17NO2.C6H4FNO2/c22-18(25-14-15-4-2-1-3-5-15)20-12-10-19(11-13-20)16-6-8-17(9-7-16)21(23)24;15-13(14-9-5-2-6-10-14)16-11-12-7-3-1-4-8-12;7-5-1-3-6(4-2-5)8(9)10/h1-9H,10-14H2;1,3-4,7-8H,2,5-6,9-11H2;1-4H. The van der Waals surface area contributed by atoms with E-state index in [0.29, 0.717) is 32.8 Å². The van der Waals surface area contributed by atoms with Crippen LogP contribution in [0, 0.1) is 26.0 Å².